The molecule has 4 rings (SSSR count). The molecule has 8 heteroatoms. The average Bonchev–Trinajstić information content (AvgIpc) is 3.10. The second-order valence-electron chi connectivity index (χ2n) is 7.15. The fraction of sp³-hybridized carbons (Fsp3) is 0.350. The summed E-state index contributed by atoms with van der Waals surface area (Å²) >= 11 is 0. The molecular formula is C20H23FN6O. The van der Waals surface area contributed by atoms with Crippen molar-refractivity contribution in [2.75, 3.05) is 5.32 Å². The van der Waals surface area contributed by atoms with Crippen molar-refractivity contribution >= 4 is 17.3 Å². The Morgan fingerprint density at radius 3 is 2.86 bits per heavy atom. The summed E-state index contributed by atoms with van der Waals surface area (Å²) in [6.07, 6.45) is 6.83. The van der Waals surface area contributed by atoms with E-state index in [-0.39, 0.29) is 41.5 Å². The fourth-order valence-electron chi connectivity index (χ4n) is 3.89. The molecule has 0 radical (unpaired) electrons. The van der Waals surface area contributed by atoms with Crippen LogP contribution in [-0.4, -0.2) is 28.0 Å². The molecule has 1 amide bonds. The molecule has 1 aliphatic heterocycles. The molecule has 0 bridgehead atoms. The first-order valence-corrected chi connectivity index (χ1v) is 9.46. The summed E-state index contributed by atoms with van der Waals surface area (Å²) in [5.74, 6) is -0.789. The maximum absolute atomic E-state index is 15.2. The Bertz CT molecular complexity index is 930. The Morgan fingerprint density at radius 2 is 2.14 bits per heavy atom. The number of hydrogen-bond acceptors (Lipinski definition) is 6. The SMILES string of the molecule is N/C=C(\c1ccccn1)c1nc(N[C@@H]2CCCC[C@@H]2N)c(F)c2c1C(=O)NC2. The van der Waals surface area contributed by atoms with Crippen LogP contribution >= 0.6 is 0 Å². The molecule has 3 heterocycles. The first-order valence-electron chi connectivity index (χ1n) is 9.46. The van der Waals surface area contributed by atoms with E-state index in [1.165, 1.54) is 6.20 Å². The van der Waals surface area contributed by atoms with Crippen LogP contribution in [-0.2, 0) is 6.54 Å². The minimum absolute atomic E-state index is 0.0631. The van der Waals surface area contributed by atoms with Crippen LogP contribution in [0.15, 0.2) is 30.6 Å². The summed E-state index contributed by atoms with van der Waals surface area (Å²) in [4.78, 5) is 21.2. The molecule has 146 valence electrons. The smallest absolute Gasteiger partial charge is 0.254 e. The molecule has 7 nitrogen and oxygen atoms in total. The molecule has 2 atom stereocenters. The van der Waals surface area contributed by atoms with Crippen molar-refractivity contribution in [3.8, 4) is 0 Å². The summed E-state index contributed by atoms with van der Waals surface area (Å²) in [5.41, 5.74) is 13.9. The number of nitrogens with two attached hydrogens (primary N) is 2. The van der Waals surface area contributed by atoms with Crippen molar-refractivity contribution in [3.63, 3.8) is 0 Å². The third-order valence-corrected chi connectivity index (χ3v) is 5.39. The van der Waals surface area contributed by atoms with Gasteiger partial charge in [-0.2, -0.15) is 0 Å². The predicted octanol–water partition coefficient (Wildman–Crippen LogP) is 1.89. The lowest BCUT2D eigenvalue weighted by Crippen LogP contribution is -2.43. The second-order valence-corrected chi connectivity index (χ2v) is 7.15. The Morgan fingerprint density at radius 1 is 1.32 bits per heavy atom. The first kappa shape index (κ1) is 18.4. The Balaban J connectivity index is 1.81. The van der Waals surface area contributed by atoms with Gasteiger partial charge in [0.15, 0.2) is 11.6 Å². The van der Waals surface area contributed by atoms with Gasteiger partial charge in [-0.3, -0.25) is 9.78 Å². The normalized spacial score (nSPS) is 21.9. The quantitative estimate of drug-likeness (QED) is 0.641. The number of halogens is 1. The maximum atomic E-state index is 15.2. The van der Waals surface area contributed by atoms with E-state index < -0.39 is 5.82 Å². The molecule has 6 N–H and O–H groups in total. The van der Waals surface area contributed by atoms with Gasteiger partial charge in [0.25, 0.3) is 5.91 Å². The van der Waals surface area contributed by atoms with Crippen molar-refractivity contribution in [2.24, 2.45) is 11.5 Å². The lowest BCUT2D eigenvalue weighted by atomic mass is 9.91. The van der Waals surface area contributed by atoms with Gasteiger partial charge >= 0.3 is 0 Å². The predicted molar refractivity (Wildman–Crippen MR) is 105 cm³/mol. The molecule has 0 saturated heterocycles. The van der Waals surface area contributed by atoms with Crippen LogP contribution in [0, 0.1) is 5.82 Å². The highest BCUT2D eigenvalue weighted by Crippen LogP contribution is 2.33. The number of rotatable bonds is 4. The van der Waals surface area contributed by atoms with Gasteiger partial charge in [-0.05, 0) is 25.0 Å². The molecule has 2 aromatic rings. The number of aromatic nitrogens is 2. The van der Waals surface area contributed by atoms with Crippen molar-refractivity contribution in [1.82, 2.24) is 15.3 Å². The molecule has 0 aromatic carbocycles. The summed E-state index contributed by atoms with van der Waals surface area (Å²) in [6.45, 7) is 0.112. The zero-order valence-electron chi connectivity index (χ0n) is 15.4. The van der Waals surface area contributed by atoms with Crippen LogP contribution in [0.3, 0.4) is 0 Å². The zero-order valence-corrected chi connectivity index (χ0v) is 15.4. The van der Waals surface area contributed by atoms with E-state index in [4.69, 9.17) is 11.5 Å². The molecular weight excluding hydrogens is 359 g/mol. The van der Waals surface area contributed by atoms with Crippen molar-refractivity contribution in [1.29, 1.82) is 0 Å². The summed E-state index contributed by atoms with van der Waals surface area (Å²) in [5, 5.41) is 5.85. The number of nitrogens with one attached hydrogen (secondary N) is 2. The standard InChI is InChI=1S/C20H23FN6O/c21-17-12-10-25-20(28)16(12)18(11(9-22)14-6-3-4-8-24-14)27-19(17)26-15-7-2-1-5-13(15)23/h3-4,6,8-9,13,15H,1-2,5,7,10,22-23H2,(H,25,28)(H,26,27)/b11-9+/t13-,15+/m0/s1. The number of fused-ring (bicyclic) bond motifs is 1. The number of pyridine rings is 2. The number of carbonyl (C=O) groups excluding carboxylic acids is 1. The molecule has 2 aromatic heterocycles. The van der Waals surface area contributed by atoms with Gasteiger partial charge in [0.1, 0.15) is 0 Å². The average molecular weight is 382 g/mol. The van der Waals surface area contributed by atoms with E-state index in [0.717, 1.165) is 25.7 Å². The number of nitrogens with zero attached hydrogens (tertiary/aromatic N) is 2. The van der Waals surface area contributed by atoms with Crippen molar-refractivity contribution in [3.05, 3.63) is 58.9 Å². The van der Waals surface area contributed by atoms with E-state index in [9.17, 15) is 4.79 Å². The topological polar surface area (TPSA) is 119 Å². The highest BCUT2D eigenvalue weighted by atomic mass is 19.1. The van der Waals surface area contributed by atoms with E-state index in [0.29, 0.717) is 17.0 Å². The second kappa shape index (κ2) is 7.55. The fourth-order valence-corrected chi connectivity index (χ4v) is 3.89. The van der Waals surface area contributed by atoms with Gasteiger partial charge in [0.2, 0.25) is 0 Å². The minimum atomic E-state index is -0.521. The third kappa shape index (κ3) is 3.20. The van der Waals surface area contributed by atoms with Gasteiger partial charge in [-0.25, -0.2) is 9.37 Å². The van der Waals surface area contributed by atoms with Crippen molar-refractivity contribution in [2.45, 2.75) is 44.3 Å². The summed E-state index contributed by atoms with van der Waals surface area (Å²) in [6, 6.07) is 5.24. The Labute approximate surface area is 162 Å². The van der Waals surface area contributed by atoms with Crippen LogP contribution in [0.4, 0.5) is 10.2 Å². The number of amides is 1. The number of hydrogen-bond donors (Lipinski definition) is 4. The summed E-state index contributed by atoms with van der Waals surface area (Å²) < 4.78 is 15.2. The van der Waals surface area contributed by atoms with Crippen LogP contribution < -0.4 is 22.1 Å². The number of carbonyl (C=O) groups is 1. The molecule has 0 spiro atoms. The highest BCUT2D eigenvalue weighted by molar-refractivity contribution is 6.03. The third-order valence-electron chi connectivity index (χ3n) is 5.39. The van der Waals surface area contributed by atoms with E-state index >= 15 is 4.39 Å². The molecule has 1 fully saturated rings. The number of anilines is 1. The van der Waals surface area contributed by atoms with Crippen LogP contribution in [0.2, 0.25) is 0 Å². The lowest BCUT2D eigenvalue weighted by Gasteiger charge is -2.30. The molecule has 2 aliphatic rings. The van der Waals surface area contributed by atoms with Crippen LogP contribution in [0.25, 0.3) is 5.57 Å². The Kier molecular flexibility index (Phi) is 4.95. The lowest BCUT2D eigenvalue weighted by molar-refractivity contribution is 0.0965. The largest absolute Gasteiger partial charge is 0.404 e. The van der Waals surface area contributed by atoms with E-state index in [1.807, 2.05) is 6.07 Å². The van der Waals surface area contributed by atoms with Gasteiger partial charge in [-0.1, -0.05) is 18.9 Å². The minimum Gasteiger partial charge on any atom is -0.404 e. The van der Waals surface area contributed by atoms with Crippen LogP contribution in [0.1, 0.15) is 53.0 Å². The van der Waals surface area contributed by atoms with Gasteiger partial charge < -0.3 is 22.1 Å². The van der Waals surface area contributed by atoms with Gasteiger partial charge in [0.05, 0.1) is 17.0 Å². The molecule has 1 aliphatic carbocycles. The van der Waals surface area contributed by atoms with Gasteiger partial charge in [-0.15, -0.1) is 0 Å². The zero-order chi connectivity index (χ0) is 19.7. The first-order chi connectivity index (χ1) is 13.6. The molecule has 1 saturated carbocycles. The van der Waals surface area contributed by atoms with Crippen LogP contribution in [0.5, 0.6) is 0 Å². The highest BCUT2D eigenvalue weighted by Gasteiger charge is 2.32. The Hall–Kier alpha value is -3.00. The molecule has 28 heavy (non-hydrogen) atoms. The van der Waals surface area contributed by atoms with E-state index in [1.54, 1.807) is 18.3 Å². The monoisotopic (exact) mass is 382 g/mol. The van der Waals surface area contributed by atoms with Gasteiger partial charge in [0, 0.05) is 42.2 Å². The molecule has 0 unspecified atom stereocenters. The maximum Gasteiger partial charge on any atom is 0.254 e. The van der Waals surface area contributed by atoms with Crippen molar-refractivity contribution < 1.29 is 9.18 Å². The summed E-state index contributed by atoms with van der Waals surface area (Å²) in [7, 11) is 0. The van der Waals surface area contributed by atoms with E-state index in [2.05, 4.69) is 20.6 Å².